The summed E-state index contributed by atoms with van der Waals surface area (Å²) in [4.78, 5) is 3.14. The summed E-state index contributed by atoms with van der Waals surface area (Å²) in [6, 6.07) is 0. The van der Waals surface area contributed by atoms with Crippen molar-refractivity contribution in [1.82, 2.24) is 0 Å². The Morgan fingerprint density at radius 2 is 1.14 bits per heavy atom. The van der Waals surface area contributed by atoms with Gasteiger partial charge in [-0.25, -0.2) is 0 Å². The Hall–Kier alpha value is 1.12. The molecule has 0 N–H and O–H groups in total. The van der Waals surface area contributed by atoms with Crippen molar-refractivity contribution in [2.24, 2.45) is 0 Å². The van der Waals surface area contributed by atoms with Crippen molar-refractivity contribution in [3.05, 3.63) is 0 Å². The van der Waals surface area contributed by atoms with E-state index in [1.54, 1.807) is 9.95 Å². The van der Waals surface area contributed by atoms with E-state index >= 15 is 0 Å². The van der Waals surface area contributed by atoms with Gasteiger partial charge in [0.25, 0.3) is 0 Å². The first-order chi connectivity index (χ1) is 6.81. The van der Waals surface area contributed by atoms with Gasteiger partial charge in [0.15, 0.2) is 0 Å². The monoisotopic (exact) mass is 318 g/mol. The molecule has 0 aliphatic heterocycles. The maximum atomic E-state index is 3.97. The Bertz CT molecular complexity index is 94.5. The summed E-state index contributed by atoms with van der Waals surface area (Å²) in [6.07, 6.45) is 11.6. The van der Waals surface area contributed by atoms with Gasteiger partial charge in [-0.1, -0.05) is 0 Å². The van der Waals surface area contributed by atoms with Gasteiger partial charge in [-0.2, -0.15) is 0 Å². The first kappa shape index (κ1) is 15.1. The zero-order chi connectivity index (χ0) is 10.6. The van der Waals surface area contributed by atoms with Crippen LogP contribution in [-0.4, -0.2) is 14.2 Å². The second kappa shape index (κ2) is 12.2. The number of unbranched alkanes of at least 4 members (excludes halogenated alkanes) is 6. The van der Waals surface area contributed by atoms with Crippen molar-refractivity contribution >= 4 is 27.8 Å². The van der Waals surface area contributed by atoms with Crippen LogP contribution in [0.3, 0.4) is 0 Å². The van der Waals surface area contributed by atoms with Crippen molar-refractivity contribution in [3.63, 3.8) is 0 Å². The third-order valence-electron chi connectivity index (χ3n) is 2.74. The predicted octanol–water partition coefficient (Wildman–Crippen LogP) is 5.53. The molecule has 0 aliphatic rings. The van der Waals surface area contributed by atoms with Gasteiger partial charge in [0.2, 0.25) is 0 Å². The van der Waals surface area contributed by atoms with Crippen LogP contribution in [-0.2, 0) is 0 Å². The van der Waals surface area contributed by atoms with Crippen LogP contribution in [0.2, 0.25) is 9.95 Å². The standard InChI is InChI=1S/2C6H13.BrH.Ga/c2*1-3-5-6-4-2;;/h2*1,3-6H2,2H3;1H;/q;;;+1/p-1. The molecule has 0 fully saturated rings. The topological polar surface area (TPSA) is 0 Å². The van der Waals surface area contributed by atoms with E-state index in [0.29, 0.717) is 0 Å². The Morgan fingerprint density at radius 1 is 0.714 bits per heavy atom. The molecule has 0 atom stereocenters. The molecule has 0 bridgehead atoms. The average molecular weight is 320 g/mol. The van der Waals surface area contributed by atoms with Gasteiger partial charge in [0, 0.05) is 0 Å². The fourth-order valence-corrected chi connectivity index (χ4v) is 8.77. The maximum absolute atomic E-state index is 3.97. The van der Waals surface area contributed by atoms with E-state index in [1.807, 2.05) is 0 Å². The van der Waals surface area contributed by atoms with Gasteiger partial charge in [-0.15, -0.1) is 0 Å². The summed E-state index contributed by atoms with van der Waals surface area (Å²) >= 11 is 3.05. The Morgan fingerprint density at radius 3 is 1.50 bits per heavy atom. The van der Waals surface area contributed by atoms with Crippen molar-refractivity contribution in [2.45, 2.75) is 75.2 Å². The van der Waals surface area contributed by atoms with Gasteiger partial charge in [-0.05, 0) is 0 Å². The summed E-state index contributed by atoms with van der Waals surface area (Å²) < 4.78 is 0. The molecule has 14 heavy (non-hydrogen) atoms. The molecule has 2 heteroatoms. The fourth-order valence-electron chi connectivity index (χ4n) is 1.73. The van der Waals surface area contributed by atoms with Gasteiger partial charge in [0.05, 0.1) is 0 Å². The van der Waals surface area contributed by atoms with E-state index in [1.165, 1.54) is 51.4 Å². The molecule has 0 saturated carbocycles. The molecule has 0 unspecified atom stereocenters. The average Bonchev–Trinajstić information content (AvgIpc) is 2.19. The molecule has 0 nitrogen and oxygen atoms in total. The Labute approximate surface area is 103 Å². The molecule has 0 saturated heterocycles. The molecular weight excluding hydrogens is 294 g/mol. The van der Waals surface area contributed by atoms with Crippen LogP contribution < -0.4 is 0 Å². The van der Waals surface area contributed by atoms with E-state index in [4.69, 9.17) is 0 Å². The molecule has 0 aliphatic carbocycles. The minimum absolute atomic E-state index is 0.917. The molecule has 0 aromatic carbocycles. The molecule has 0 heterocycles. The SMILES string of the molecule is CCCCC[CH2][Ga]([Br])[CH2]CCCCC. The Kier molecular flexibility index (Phi) is 13.2. The second-order valence-electron chi connectivity index (χ2n) is 4.30. The predicted molar refractivity (Wildman–Crippen MR) is 72.6 cm³/mol. The van der Waals surface area contributed by atoms with Crippen LogP contribution in [0.4, 0.5) is 0 Å². The Balaban J connectivity index is 3.07. The van der Waals surface area contributed by atoms with Crippen LogP contribution in [0.25, 0.3) is 0 Å². The fraction of sp³-hybridized carbons (Fsp3) is 1.00. The second-order valence-corrected chi connectivity index (χ2v) is 16.0. The molecule has 0 aromatic rings. The van der Waals surface area contributed by atoms with E-state index < -0.39 is 14.2 Å². The van der Waals surface area contributed by atoms with E-state index in [-0.39, 0.29) is 0 Å². The molecule has 84 valence electrons. The third kappa shape index (κ3) is 11.2. The normalized spacial score (nSPS) is 10.5. The van der Waals surface area contributed by atoms with E-state index in [0.717, 1.165) is 0 Å². The van der Waals surface area contributed by atoms with Crippen molar-refractivity contribution < 1.29 is 0 Å². The first-order valence-corrected chi connectivity index (χ1v) is 15.5. The third-order valence-corrected chi connectivity index (χ3v) is 11.8. The van der Waals surface area contributed by atoms with Crippen molar-refractivity contribution in [3.8, 4) is 0 Å². The van der Waals surface area contributed by atoms with Crippen LogP contribution in [0.15, 0.2) is 0 Å². The molecule has 0 radical (unpaired) electrons. The summed E-state index contributed by atoms with van der Waals surface area (Å²) in [5.41, 5.74) is 0. The summed E-state index contributed by atoms with van der Waals surface area (Å²) in [7, 11) is 0. The number of hydrogen-bond acceptors (Lipinski definition) is 0. The minimum atomic E-state index is -0.917. The van der Waals surface area contributed by atoms with Crippen molar-refractivity contribution in [1.29, 1.82) is 0 Å². The quantitative estimate of drug-likeness (QED) is 0.366. The number of rotatable bonds is 10. The zero-order valence-electron chi connectivity index (χ0n) is 10.0. The van der Waals surface area contributed by atoms with Crippen LogP contribution in [0.5, 0.6) is 0 Å². The first-order valence-electron chi connectivity index (χ1n) is 6.45. The van der Waals surface area contributed by atoms with Gasteiger partial charge in [0.1, 0.15) is 0 Å². The van der Waals surface area contributed by atoms with Crippen LogP contribution in [0.1, 0.15) is 65.2 Å². The van der Waals surface area contributed by atoms with Gasteiger partial charge in [-0.3, -0.25) is 0 Å². The van der Waals surface area contributed by atoms with Crippen LogP contribution in [0, 0.1) is 0 Å². The number of halogens is 1. The molecule has 0 aromatic heterocycles. The van der Waals surface area contributed by atoms with Crippen molar-refractivity contribution in [2.75, 3.05) is 0 Å². The molecule has 0 spiro atoms. The van der Waals surface area contributed by atoms with E-state index in [9.17, 15) is 0 Å². The summed E-state index contributed by atoms with van der Waals surface area (Å²) in [5.74, 6) is 0. The van der Waals surface area contributed by atoms with E-state index in [2.05, 4.69) is 27.4 Å². The zero-order valence-corrected chi connectivity index (χ0v) is 14.0. The summed E-state index contributed by atoms with van der Waals surface area (Å²) in [6.45, 7) is 4.58. The molecule has 0 amide bonds. The number of hydrogen-bond donors (Lipinski definition) is 0. The molecular formula is C12H26BrGa. The van der Waals surface area contributed by atoms with Gasteiger partial charge >= 0.3 is 103 Å². The molecule has 0 rings (SSSR count). The van der Waals surface area contributed by atoms with Gasteiger partial charge < -0.3 is 0 Å². The van der Waals surface area contributed by atoms with Crippen LogP contribution >= 0.6 is 13.6 Å². The summed E-state index contributed by atoms with van der Waals surface area (Å²) in [5, 5.41) is 0.